The van der Waals surface area contributed by atoms with Crippen molar-refractivity contribution >= 4 is 12.0 Å². The zero-order valence-corrected chi connectivity index (χ0v) is 7.96. The van der Waals surface area contributed by atoms with Gasteiger partial charge in [-0.05, 0) is 17.7 Å². The predicted octanol–water partition coefficient (Wildman–Crippen LogP) is 1.98. The van der Waals surface area contributed by atoms with E-state index >= 15 is 0 Å². The van der Waals surface area contributed by atoms with Crippen LogP contribution in [0.25, 0.3) is 6.08 Å². The van der Waals surface area contributed by atoms with Gasteiger partial charge in [0.05, 0.1) is 0 Å². The fourth-order valence-electron chi connectivity index (χ4n) is 1.01. The highest BCUT2D eigenvalue weighted by molar-refractivity contribution is 5.73. The van der Waals surface area contributed by atoms with Crippen LogP contribution in [0.4, 0.5) is 4.39 Å². The van der Waals surface area contributed by atoms with Crippen molar-refractivity contribution in [3.63, 3.8) is 0 Å². The van der Waals surface area contributed by atoms with Crippen molar-refractivity contribution in [3.8, 4) is 0 Å². The Morgan fingerprint density at radius 2 is 2.36 bits per heavy atom. The maximum Gasteiger partial charge on any atom is 0.217 e. The number of hydrogen-bond donors (Lipinski definition) is 1. The minimum atomic E-state index is -0.258. The number of carbonyl (C=O) groups is 1. The Labute approximate surface area is 82.4 Å². The second-order valence-corrected chi connectivity index (χ2v) is 2.89. The monoisotopic (exact) mass is 193 g/mol. The molecule has 0 unspecified atom stereocenters. The molecule has 0 saturated heterocycles. The van der Waals surface area contributed by atoms with E-state index in [0.29, 0.717) is 6.54 Å². The summed E-state index contributed by atoms with van der Waals surface area (Å²) in [6.07, 6.45) is 3.54. The number of amides is 1. The lowest BCUT2D eigenvalue weighted by molar-refractivity contribution is -0.118. The minimum absolute atomic E-state index is 0.0751. The molecule has 0 saturated carbocycles. The molecule has 14 heavy (non-hydrogen) atoms. The smallest absolute Gasteiger partial charge is 0.217 e. The Morgan fingerprint density at radius 3 is 3.00 bits per heavy atom. The van der Waals surface area contributed by atoms with Gasteiger partial charge in [-0.2, -0.15) is 0 Å². The molecular weight excluding hydrogens is 181 g/mol. The highest BCUT2D eigenvalue weighted by atomic mass is 19.1. The number of benzene rings is 1. The normalized spacial score (nSPS) is 10.4. The van der Waals surface area contributed by atoms with Gasteiger partial charge in [0.1, 0.15) is 5.82 Å². The Kier molecular flexibility index (Phi) is 3.85. The fraction of sp³-hybridized carbons (Fsp3) is 0.182. The topological polar surface area (TPSA) is 29.1 Å². The van der Waals surface area contributed by atoms with Crippen molar-refractivity contribution in [2.45, 2.75) is 6.92 Å². The number of carbonyl (C=O) groups excluding carboxylic acids is 1. The first-order valence-corrected chi connectivity index (χ1v) is 4.35. The zero-order chi connectivity index (χ0) is 10.4. The SMILES string of the molecule is CC(=O)NCC=Cc1cccc(F)c1. The van der Waals surface area contributed by atoms with E-state index in [1.54, 1.807) is 24.3 Å². The van der Waals surface area contributed by atoms with Crippen LogP contribution in [0.15, 0.2) is 30.3 Å². The average molecular weight is 193 g/mol. The lowest BCUT2D eigenvalue weighted by Crippen LogP contribution is -2.19. The van der Waals surface area contributed by atoms with Gasteiger partial charge < -0.3 is 5.32 Å². The van der Waals surface area contributed by atoms with Crippen LogP contribution in [0.3, 0.4) is 0 Å². The van der Waals surface area contributed by atoms with Gasteiger partial charge in [-0.3, -0.25) is 4.79 Å². The molecule has 0 heterocycles. The molecule has 0 aliphatic carbocycles. The number of halogens is 1. The van der Waals surface area contributed by atoms with E-state index in [1.165, 1.54) is 19.1 Å². The van der Waals surface area contributed by atoms with E-state index in [9.17, 15) is 9.18 Å². The van der Waals surface area contributed by atoms with Crippen molar-refractivity contribution in [3.05, 3.63) is 41.7 Å². The molecule has 0 aliphatic heterocycles. The number of rotatable bonds is 3. The van der Waals surface area contributed by atoms with Crippen LogP contribution in [0.5, 0.6) is 0 Å². The van der Waals surface area contributed by atoms with E-state index in [2.05, 4.69) is 5.32 Å². The van der Waals surface area contributed by atoms with Gasteiger partial charge in [-0.15, -0.1) is 0 Å². The second-order valence-electron chi connectivity index (χ2n) is 2.89. The summed E-state index contributed by atoms with van der Waals surface area (Å²) in [6.45, 7) is 1.92. The zero-order valence-electron chi connectivity index (χ0n) is 7.96. The van der Waals surface area contributed by atoms with Gasteiger partial charge in [0.25, 0.3) is 0 Å². The Hall–Kier alpha value is -1.64. The van der Waals surface area contributed by atoms with Crippen LogP contribution in [0.2, 0.25) is 0 Å². The molecule has 0 fully saturated rings. The molecule has 1 rings (SSSR count). The van der Waals surface area contributed by atoms with Crippen molar-refractivity contribution in [2.75, 3.05) is 6.54 Å². The summed E-state index contributed by atoms with van der Waals surface area (Å²) in [5, 5.41) is 2.61. The Morgan fingerprint density at radius 1 is 1.57 bits per heavy atom. The van der Waals surface area contributed by atoms with Crippen molar-refractivity contribution in [2.24, 2.45) is 0 Å². The van der Waals surface area contributed by atoms with Gasteiger partial charge in [-0.1, -0.05) is 24.3 Å². The van der Waals surface area contributed by atoms with Crippen LogP contribution < -0.4 is 5.32 Å². The standard InChI is InChI=1S/C11H12FNO/c1-9(14)13-7-3-5-10-4-2-6-11(12)8-10/h2-6,8H,7H2,1H3,(H,13,14). The van der Waals surface area contributed by atoms with Gasteiger partial charge in [0.15, 0.2) is 0 Å². The highest BCUT2D eigenvalue weighted by Crippen LogP contribution is 2.04. The largest absolute Gasteiger partial charge is 0.353 e. The van der Waals surface area contributed by atoms with Crippen molar-refractivity contribution < 1.29 is 9.18 Å². The maximum absolute atomic E-state index is 12.7. The molecule has 2 nitrogen and oxygen atoms in total. The summed E-state index contributed by atoms with van der Waals surface area (Å²) in [5.74, 6) is -0.333. The van der Waals surface area contributed by atoms with Crippen molar-refractivity contribution in [1.29, 1.82) is 0 Å². The molecule has 0 aliphatic rings. The van der Waals surface area contributed by atoms with Gasteiger partial charge in [0.2, 0.25) is 5.91 Å². The van der Waals surface area contributed by atoms with Gasteiger partial charge >= 0.3 is 0 Å². The van der Waals surface area contributed by atoms with E-state index in [0.717, 1.165) is 5.56 Å². The third kappa shape index (κ3) is 3.85. The molecule has 1 N–H and O–H groups in total. The molecule has 0 radical (unpaired) electrons. The molecule has 0 aromatic heterocycles. The molecule has 0 spiro atoms. The molecule has 0 atom stereocenters. The third-order valence-electron chi connectivity index (χ3n) is 1.63. The summed E-state index contributed by atoms with van der Waals surface area (Å²) >= 11 is 0. The van der Waals surface area contributed by atoms with Crippen LogP contribution in [0.1, 0.15) is 12.5 Å². The summed E-state index contributed by atoms with van der Waals surface area (Å²) in [4.78, 5) is 10.5. The molecule has 0 bridgehead atoms. The highest BCUT2D eigenvalue weighted by Gasteiger charge is 1.90. The quantitative estimate of drug-likeness (QED) is 0.781. The van der Waals surface area contributed by atoms with Crippen LogP contribution in [-0.4, -0.2) is 12.5 Å². The first kappa shape index (κ1) is 10.4. The summed E-state index contributed by atoms with van der Waals surface area (Å²) in [6, 6.07) is 6.27. The summed E-state index contributed by atoms with van der Waals surface area (Å²) in [7, 11) is 0. The van der Waals surface area contributed by atoms with E-state index in [4.69, 9.17) is 0 Å². The average Bonchev–Trinajstić information content (AvgIpc) is 2.12. The molecular formula is C11H12FNO. The first-order valence-electron chi connectivity index (χ1n) is 4.35. The molecule has 74 valence electrons. The second kappa shape index (κ2) is 5.17. The first-order chi connectivity index (χ1) is 6.68. The van der Waals surface area contributed by atoms with Crippen LogP contribution >= 0.6 is 0 Å². The Balaban J connectivity index is 2.47. The van der Waals surface area contributed by atoms with E-state index in [-0.39, 0.29) is 11.7 Å². The summed E-state index contributed by atoms with van der Waals surface area (Å²) < 4.78 is 12.7. The number of nitrogens with one attached hydrogen (secondary N) is 1. The minimum Gasteiger partial charge on any atom is -0.353 e. The molecule has 1 aromatic carbocycles. The molecule has 1 aromatic rings. The lowest BCUT2D eigenvalue weighted by Gasteiger charge is -1.95. The van der Waals surface area contributed by atoms with Crippen molar-refractivity contribution in [1.82, 2.24) is 5.32 Å². The predicted molar refractivity (Wildman–Crippen MR) is 54.1 cm³/mol. The summed E-state index contributed by atoms with van der Waals surface area (Å²) in [5.41, 5.74) is 0.787. The van der Waals surface area contributed by atoms with Crippen LogP contribution in [-0.2, 0) is 4.79 Å². The lowest BCUT2D eigenvalue weighted by atomic mass is 10.2. The molecule has 1 amide bonds. The maximum atomic E-state index is 12.7. The fourth-order valence-corrected chi connectivity index (χ4v) is 1.01. The number of hydrogen-bond acceptors (Lipinski definition) is 1. The third-order valence-corrected chi connectivity index (χ3v) is 1.63. The van der Waals surface area contributed by atoms with Gasteiger partial charge in [0, 0.05) is 13.5 Å². The van der Waals surface area contributed by atoms with Crippen LogP contribution in [0, 0.1) is 5.82 Å². The van der Waals surface area contributed by atoms with E-state index in [1.807, 2.05) is 0 Å². The van der Waals surface area contributed by atoms with Gasteiger partial charge in [-0.25, -0.2) is 4.39 Å². The van der Waals surface area contributed by atoms with E-state index < -0.39 is 0 Å². The Bertz CT molecular complexity index is 347. The molecule has 3 heteroatoms.